The molecule has 2 rings (SSSR count). The van der Waals surface area contributed by atoms with E-state index in [0.717, 1.165) is 17.0 Å². The summed E-state index contributed by atoms with van der Waals surface area (Å²) >= 11 is 0. The lowest BCUT2D eigenvalue weighted by atomic mass is 10.1. The van der Waals surface area contributed by atoms with Gasteiger partial charge in [-0.2, -0.15) is 5.10 Å². The van der Waals surface area contributed by atoms with Crippen LogP contribution in [0, 0.1) is 20.8 Å². The van der Waals surface area contributed by atoms with Gasteiger partial charge in [0.1, 0.15) is 6.54 Å². The largest absolute Gasteiger partial charge is 0.396 e. The number of anilines is 1. The van der Waals surface area contributed by atoms with Crippen LogP contribution in [-0.2, 0) is 17.9 Å². The number of carbonyl (C=O) groups excluding carboxylic acids is 1. The van der Waals surface area contributed by atoms with Crippen molar-refractivity contribution in [2.24, 2.45) is 0 Å². The number of nitrogen functional groups attached to an aromatic ring is 1. The Morgan fingerprint density at radius 3 is 2.70 bits per heavy atom. The first-order chi connectivity index (χ1) is 9.47. The number of hydrogen-bond donors (Lipinski definition) is 2. The zero-order valence-electron chi connectivity index (χ0n) is 12.1. The molecule has 5 nitrogen and oxygen atoms in total. The maximum absolute atomic E-state index is 11.9. The van der Waals surface area contributed by atoms with Crippen LogP contribution >= 0.6 is 0 Å². The first-order valence-corrected chi connectivity index (χ1v) is 6.59. The molecule has 0 aliphatic heterocycles. The Kier molecular flexibility index (Phi) is 4.08. The Bertz CT molecular complexity index is 631. The van der Waals surface area contributed by atoms with E-state index in [1.54, 1.807) is 4.68 Å². The van der Waals surface area contributed by atoms with Gasteiger partial charge in [-0.1, -0.05) is 29.8 Å². The van der Waals surface area contributed by atoms with Crippen LogP contribution in [0.1, 0.15) is 22.5 Å². The van der Waals surface area contributed by atoms with Crippen molar-refractivity contribution in [2.45, 2.75) is 33.9 Å². The zero-order valence-corrected chi connectivity index (χ0v) is 12.1. The molecule has 20 heavy (non-hydrogen) atoms. The summed E-state index contributed by atoms with van der Waals surface area (Å²) in [6.45, 7) is 6.45. The Hall–Kier alpha value is -2.30. The zero-order chi connectivity index (χ0) is 14.7. The van der Waals surface area contributed by atoms with E-state index < -0.39 is 0 Å². The number of aryl methyl sites for hydroxylation is 2. The van der Waals surface area contributed by atoms with Crippen LogP contribution in [0.2, 0.25) is 0 Å². The van der Waals surface area contributed by atoms with E-state index >= 15 is 0 Å². The number of nitrogens with one attached hydrogen (secondary N) is 1. The van der Waals surface area contributed by atoms with Gasteiger partial charge in [-0.25, -0.2) is 0 Å². The molecule has 0 radical (unpaired) electrons. The van der Waals surface area contributed by atoms with Crippen molar-refractivity contribution < 1.29 is 4.79 Å². The highest BCUT2D eigenvalue weighted by Crippen LogP contribution is 2.14. The molecule has 1 amide bonds. The highest BCUT2D eigenvalue weighted by atomic mass is 16.2. The highest BCUT2D eigenvalue weighted by Gasteiger charge is 2.11. The standard InChI is InChI=1S/C15H20N4O/c1-10-5-4-6-13(7-10)8-17-14(20)9-19-12(3)15(16)11(2)18-19/h4-7H,8-9,16H2,1-3H3,(H,17,20). The molecule has 0 saturated heterocycles. The predicted octanol–water partition coefficient (Wildman–Crippen LogP) is 1.71. The van der Waals surface area contributed by atoms with Crippen LogP contribution in [0.25, 0.3) is 0 Å². The third kappa shape index (κ3) is 3.17. The van der Waals surface area contributed by atoms with Gasteiger partial charge in [0.05, 0.1) is 17.1 Å². The van der Waals surface area contributed by atoms with Gasteiger partial charge in [0, 0.05) is 6.54 Å². The number of nitrogens with zero attached hydrogens (tertiary/aromatic N) is 2. The first-order valence-electron chi connectivity index (χ1n) is 6.59. The summed E-state index contributed by atoms with van der Waals surface area (Å²) in [6, 6.07) is 8.07. The van der Waals surface area contributed by atoms with Gasteiger partial charge >= 0.3 is 0 Å². The van der Waals surface area contributed by atoms with E-state index in [-0.39, 0.29) is 12.5 Å². The first kappa shape index (κ1) is 14.1. The number of nitrogens with two attached hydrogens (primary N) is 1. The highest BCUT2D eigenvalue weighted by molar-refractivity contribution is 5.75. The van der Waals surface area contributed by atoms with Crippen LogP contribution < -0.4 is 11.1 Å². The predicted molar refractivity (Wildman–Crippen MR) is 79.1 cm³/mol. The average molecular weight is 272 g/mol. The second-order valence-corrected chi connectivity index (χ2v) is 5.01. The maximum atomic E-state index is 11.9. The van der Waals surface area contributed by atoms with E-state index in [2.05, 4.69) is 16.5 Å². The van der Waals surface area contributed by atoms with Crippen LogP contribution in [0.4, 0.5) is 5.69 Å². The number of carbonyl (C=O) groups is 1. The van der Waals surface area contributed by atoms with Gasteiger partial charge < -0.3 is 11.1 Å². The van der Waals surface area contributed by atoms with Crippen molar-refractivity contribution in [2.75, 3.05) is 5.73 Å². The average Bonchev–Trinajstić information content (AvgIpc) is 2.64. The topological polar surface area (TPSA) is 72.9 Å². The molecule has 1 aromatic carbocycles. The molecule has 3 N–H and O–H groups in total. The number of aromatic nitrogens is 2. The Balaban J connectivity index is 1.94. The fourth-order valence-electron chi connectivity index (χ4n) is 2.08. The van der Waals surface area contributed by atoms with Gasteiger partial charge in [0.15, 0.2) is 0 Å². The number of amides is 1. The fourth-order valence-corrected chi connectivity index (χ4v) is 2.08. The number of rotatable bonds is 4. The third-order valence-electron chi connectivity index (χ3n) is 3.30. The molecular formula is C15H20N4O. The SMILES string of the molecule is Cc1cccc(CNC(=O)Cn2nc(C)c(N)c2C)c1. The third-order valence-corrected chi connectivity index (χ3v) is 3.30. The molecule has 0 bridgehead atoms. The summed E-state index contributed by atoms with van der Waals surface area (Å²) in [5, 5.41) is 7.14. The smallest absolute Gasteiger partial charge is 0.242 e. The molecular weight excluding hydrogens is 252 g/mol. The second kappa shape index (κ2) is 5.77. The van der Waals surface area contributed by atoms with E-state index in [9.17, 15) is 4.79 Å². The molecule has 0 spiro atoms. The van der Waals surface area contributed by atoms with Gasteiger partial charge in [-0.3, -0.25) is 9.48 Å². The van der Waals surface area contributed by atoms with Gasteiger partial charge in [-0.05, 0) is 26.3 Å². The molecule has 2 aromatic rings. The summed E-state index contributed by atoms with van der Waals surface area (Å²) in [4.78, 5) is 11.9. The normalized spacial score (nSPS) is 10.6. The minimum absolute atomic E-state index is 0.0721. The van der Waals surface area contributed by atoms with Crippen molar-refractivity contribution in [3.63, 3.8) is 0 Å². The molecule has 0 atom stereocenters. The number of benzene rings is 1. The summed E-state index contributed by atoms with van der Waals surface area (Å²) in [5.74, 6) is -0.0721. The minimum atomic E-state index is -0.0721. The lowest BCUT2D eigenvalue weighted by Gasteiger charge is -2.07. The van der Waals surface area contributed by atoms with Crippen molar-refractivity contribution in [1.82, 2.24) is 15.1 Å². The van der Waals surface area contributed by atoms with E-state index in [0.29, 0.717) is 12.2 Å². The molecule has 1 heterocycles. The Labute approximate surface area is 118 Å². The molecule has 5 heteroatoms. The van der Waals surface area contributed by atoms with Gasteiger partial charge in [0.25, 0.3) is 0 Å². The lowest BCUT2D eigenvalue weighted by Crippen LogP contribution is -2.28. The molecule has 1 aromatic heterocycles. The van der Waals surface area contributed by atoms with Crippen LogP contribution in [0.5, 0.6) is 0 Å². The molecule has 0 fully saturated rings. The van der Waals surface area contributed by atoms with Crippen molar-refractivity contribution in [3.05, 3.63) is 46.8 Å². The van der Waals surface area contributed by atoms with Crippen LogP contribution in [0.15, 0.2) is 24.3 Å². The van der Waals surface area contributed by atoms with Gasteiger partial charge in [0.2, 0.25) is 5.91 Å². The molecule has 106 valence electrons. The van der Waals surface area contributed by atoms with Crippen molar-refractivity contribution in [1.29, 1.82) is 0 Å². The minimum Gasteiger partial charge on any atom is -0.396 e. The van der Waals surface area contributed by atoms with E-state index in [1.807, 2.05) is 39.0 Å². The summed E-state index contributed by atoms with van der Waals surface area (Å²) in [7, 11) is 0. The monoisotopic (exact) mass is 272 g/mol. The summed E-state index contributed by atoms with van der Waals surface area (Å²) < 4.78 is 1.64. The maximum Gasteiger partial charge on any atom is 0.242 e. The second-order valence-electron chi connectivity index (χ2n) is 5.01. The summed E-state index contributed by atoms with van der Waals surface area (Å²) in [5.41, 5.74) is 10.4. The molecule has 0 saturated carbocycles. The van der Waals surface area contributed by atoms with Crippen LogP contribution in [0.3, 0.4) is 0 Å². The summed E-state index contributed by atoms with van der Waals surface area (Å²) in [6.07, 6.45) is 0. The quantitative estimate of drug-likeness (QED) is 0.890. The van der Waals surface area contributed by atoms with Crippen LogP contribution in [-0.4, -0.2) is 15.7 Å². The fraction of sp³-hybridized carbons (Fsp3) is 0.333. The van der Waals surface area contributed by atoms with Crippen molar-refractivity contribution >= 4 is 11.6 Å². The molecule has 0 aliphatic rings. The number of hydrogen-bond acceptors (Lipinski definition) is 3. The lowest BCUT2D eigenvalue weighted by molar-refractivity contribution is -0.122. The Morgan fingerprint density at radius 1 is 1.35 bits per heavy atom. The van der Waals surface area contributed by atoms with Crippen molar-refractivity contribution in [3.8, 4) is 0 Å². The molecule has 0 unspecified atom stereocenters. The molecule has 0 aliphatic carbocycles. The van der Waals surface area contributed by atoms with E-state index in [1.165, 1.54) is 5.56 Å². The Morgan fingerprint density at radius 2 is 2.10 bits per heavy atom. The van der Waals surface area contributed by atoms with Gasteiger partial charge in [-0.15, -0.1) is 0 Å². The van der Waals surface area contributed by atoms with E-state index in [4.69, 9.17) is 5.73 Å².